The van der Waals surface area contributed by atoms with Crippen molar-refractivity contribution in [2.75, 3.05) is 33.8 Å². The van der Waals surface area contributed by atoms with Crippen molar-refractivity contribution in [2.45, 2.75) is 104 Å². The zero-order valence-electron chi connectivity index (χ0n) is 27.3. The molecule has 0 saturated carbocycles. The van der Waals surface area contributed by atoms with Crippen molar-refractivity contribution >= 4 is 16.8 Å². The number of benzene rings is 2. The fourth-order valence-electron chi connectivity index (χ4n) is 5.65. The van der Waals surface area contributed by atoms with Crippen LogP contribution in [0.2, 0.25) is 0 Å². The normalized spacial score (nSPS) is 12.1. The van der Waals surface area contributed by atoms with Crippen LogP contribution in [-0.4, -0.2) is 59.0 Å². The summed E-state index contributed by atoms with van der Waals surface area (Å²) in [4.78, 5) is 36.8. The SMILES string of the molecule is CCCCCCCCCCCCCC(=O)N(CCN(C)C)C(C)c1nc2ccccc2c(=O)n1-c1ccccc1OCC. The number of hydrogen-bond acceptors (Lipinski definition) is 5. The largest absolute Gasteiger partial charge is 0.492 e. The number of hydrogen-bond donors (Lipinski definition) is 0. The molecule has 0 fully saturated rings. The highest BCUT2D eigenvalue weighted by molar-refractivity contribution is 5.79. The highest BCUT2D eigenvalue weighted by Gasteiger charge is 2.27. The van der Waals surface area contributed by atoms with Gasteiger partial charge in [-0.2, -0.15) is 0 Å². The van der Waals surface area contributed by atoms with E-state index in [0.29, 0.717) is 47.7 Å². The molecule has 43 heavy (non-hydrogen) atoms. The molecule has 0 N–H and O–H groups in total. The zero-order chi connectivity index (χ0) is 31.0. The van der Waals surface area contributed by atoms with Crippen LogP contribution in [0.5, 0.6) is 5.75 Å². The van der Waals surface area contributed by atoms with E-state index in [1.807, 2.05) is 75.3 Å². The van der Waals surface area contributed by atoms with Gasteiger partial charge < -0.3 is 14.5 Å². The molecule has 0 bridgehead atoms. The van der Waals surface area contributed by atoms with Crippen LogP contribution >= 0.6 is 0 Å². The van der Waals surface area contributed by atoms with E-state index in [9.17, 15) is 9.59 Å². The van der Waals surface area contributed by atoms with E-state index in [0.717, 1.165) is 19.4 Å². The summed E-state index contributed by atoms with van der Waals surface area (Å²) in [5.74, 6) is 1.27. The predicted octanol–water partition coefficient (Wildman–Crippen LogP) is 7.94. The maximum atomic E-state index is 14.0. The Morgan fingerprint density at radius 2 is 1.44 bits per heavy atom. The number of rotatable bonds is 20. The molecule has 1 atom stereocenters. The van der Waals surface area contributed by atoms with E-state index in [-0.39, 0.29) is 11.5 Å². The third-order valence-electron chi connectivity index (χ3n) is 8.15. The zero-order valence-corrected chi connectivity index (χ0v) is 27.3. The van der Waals surface area contributed by atoms with Crippen LogP contribution in [-0.2, 0) is 4.79 Å². The molecule has 1 unspecified atom stereocenters. The lowest BCUT2D eigenvalue weighted by Crippen LogP contribution is -2.41. The molecule has 7 heteroatoms. The van der Waals surface area contributed by atoms with Crippen molar-refractivity contribution < 1.29 is 9.53 Å². The number of likely N-dealkylation sites (N-methyl/N-ethyl adjacent to an activating group) is 1. The monoisotopic (exact) mass is 590 g/mol. The van der Waals surface area contributed by atoms with E-state index in [2.05, 4.69) is 11.8 Å². The smallest absolute Gasteiger partial charge is 0.266 e. The Kier molecular flexibility index (Phi) is 14.7. The number of carbonyl (C=O) groups is 1. The van der Waals surface area contributed by atoms with Crippen LogP contribution < -0.4 is 10.3 Å². The van der Waals surface area contributed by atoms with Gasteiger partial charge in [0.15, 0.2) is 0 Å². The van der Waals surface area contributed by atoms with Crippen molar-refractivity contribution in [3.8, 4) is 11.4 Å². The van der Waals surface area contributed by atoms with Gasteiger partial charge in [-0.15, -0.1) is 0 Å². The minimum Gasteiger partial charge on any atom is -0.492 e. The number of carbonyl (C=O) groups excluding carboxylic acids is 1. The van der Waals surface area contributed by atoms with Crippen molar-refractivity contribution in [3.63, 3.8) is 0 Å². The van der Waals surface area contributed by atoms with Gasteiger partial charge in [-0.1, -0.05) is 95.4 Å². The Morgan fingerprint density at radius 1 is 0.837 bits per heavy atom. The minimum absolute atomic E-state index is 0.109. The van der Waals surface area contributed by atoms with E-state index in [1.165, 1.54) is 57.8 Å². The lowest BCUT2D eigenvalue weighted by atomic mass is 10.0. The number of amides is 1. The number of fused-ring (bicyclic) bond motifs is 1. The van der Waals surface area contributed by atoms with Gasteiger partial charge >= 0.3 is 0 Å². The average Bonchev–Trinajstić information content (AvgIpc) is 3.00. The number of unbranched alkanes of at least 4 members (excludes halogenated alkanes) is 10. The standard InChI is InChI=1S/C36H54N4O3/c1-6-8-9-10-11-12-13-14-15-16-17-26-34(41)39(28-27-38(4)5)29(3)35-37-31-23-19-18-22-30(31)36(42)40(35)32-24-20-21-25-33(32)43-7-2/h18-25,29H,6-17,26-28H2,1-5H3. The van der Waals surface area contributed by atoms with Crippen LogP contribution in [0.3, 0.4) is 0 Å². The fraction of sp³-hybridized carbons (Fsp3) is 0.583. The Balaban J connectivity index is 1.79. The summed E-state index contributed by atoms with van der Waals surface area (Å²) >= 11 is 0. The van der Waals surface area contributed by atoms with Gasteiger partial charge in [-0.25, -0.2) is 4.98 Å². The molecule has 2 aromatic carbocycles. The van der Waals surface area contributed by atoms with Crippen LogP contribution in [0.1, 0.15) is 110 Å². The molecule has 1 heterocycles. The number of nitrogens with zero attached hydrogens (tertiary/aromatic N) is 4. The van der Waals surface area contributed by atoms with Crippen LogP contribution in [0.4, 0.5) is 0 Å². The Hall–Kier alpha value is -3.19. The van der Waals surface area contributed by atoms with Gasteiger partial charge in [0, 0.05) is 19.5 Å². The van der Waals surface area contributed by atoms with E-state index < -0.39 is 6.04 Å². The van der Waals surface area contributed by atoms with Crippen molar-refractivity contribution in [1.29, 1.82) is 0 Å². The molecule has 0 aliphatic carbocycles. The van der Waals surface area contributed by atoms with Crippen LogP contribution in [0.15, 0.2) is 53.3 Å². The van der Waals surface area contributed by atoms with E-state index >= 15 is 0 Å². The third kappa shape index (κ3) is 10.2. The second kappa shape index (κ2) is 18.5. The number of ether oxygens (including phenoxy) is 1. The first kappa shape index (κ1) is 34.3. The first-order valence-electron chi connectivity index (χ1n) is 16.6. The molecular weight excluding hydrogens is 536 g/mol. The molecule has 0 aliphatic rings. The topological polar surface area (TPSA) is 67.7 Å². The molecule has 1 aromatic heterocycles. The van der Waals surface area contributed by atoms with Crippen LogP contribution in [0.25, 0.3) is 16.6 Å². The van der Waals surface area contributed by atoms with Gasteiger partial charge in [0.1, 0.15) is 11.6 Å². The summed E-state index contributed by atoms with van der Waals surface area (Å²) in [6.45, 7) is 7.93. The van der Waals surface area contributed by atoms with E-state index in [1.54, 1.807) is 10.6 Å². The third-order valence-corrected chi connectivity index (χ3v) is 8.15. The van der Waals surface area contributed by atoms with Gasteiger partial charge in [-0.3, -0.25) is 14.2 Å². The van der Waals surface area contributed by atoms with Gasteiger partial charge in [0.05, 0.1) is 29.2 Å². The van der Waals surface area contributed by atoms with Crippen LogP contribution in [0, 0.1) is 0 Å². The van der Waals surface area contributed by atoms with Gasteiger partial charge in [0.25, 0.3) is 5.56 Å². The molecule has 236 valence electrons. The minimum atomic E-state index is -0.410. The summed E-state index contributed by atoms with van der Waals surface area (Å²) in [6, 6.07) is 14.6. The summed E-state index contributed by atoms with van der Waals surface area (Å²) in [6.07, 6.45) is 14.2. The average molecular weight is 591 g/mol. The predicted molar refractivity (Wildman–Crippen MR) is 178 cm³/mol. The summed E-state index contributed by atoms with van der Waals surface area (Å²) in [5.41, 5.74) is 1.11. The Morgan fingerprint density at radius 3 is 2.09 bits per heavy atom. The molecule has 0 spiro atoms. The number of aromatic nitrogens is 2. The first-order valence-corrected chi connectivity index (χ1v) is 16.6. The molecule has 0 aliphatic heterocycles. The highest BCUT2D eigenvalue weighted by Crippen LogP contribution is 2.28. The second-order valence-corrected chi connectivity index (χ2v) is 11.9. The highest BCUT2D eigenvalue weighted by atomic mass is 16.5. The molecular formula is C36H54N4O3. The Labute approximate surface area is 259 Å². The summed E-state index contributed by atoms with van der Waals surface area (Å²) in [5, 5.41) is 0.539. The van der Waals surface area contributed by atoms with E-state index in [4.69, 9.17) is 9.72 Å². The first-order chi connectivity index (χ1) is 20.9. The van der Waals surface area contributed by atoms with Gasteiger partial charge in [-0.05, 0) is 58.6 Å². The number of para-hydroxylation sites is 3. The summed E-state index contributed by atoms with van der Waals surface area (Å²) in [7, 11) is 4.03. The quantitative estimate of drug-likeness (QED) is 0.125. The second-order valence-electron chi connectivity index (χ2n) is 11.9. The molecule has 0 radical (unpaired) electrons. The van der Waals surface area contributed by atoms with Crippen molar-refractivity contribution in [3.05, 3.63) is 64.7 Å². The van der Waals surface area contributed by atoms with Crippen molar-refractivity contribution in [1.82, 2.24) is 19.4 Å². The molecule has 3 rings (SSSR count). The maximum absolute atomic E-state index is 14.0. The lowest BCUT2D eigenvalue weighted by Gasteiger charge is -2.32. The molecule has 0 saturated heterocycles. The Bertz CT molecular complexity index is 1320. The van der Waals surface area contributed by atoms with Gasteiger partial charge in [0.2, 0.25) is 5.91 Å². The summed E-state index contributed by atoms with van der Waals surface area (Å²) < 4.78 is 7.58. The molecule has 7 nitrogen and oxygen atoms in total. The maximum Gasteiger partial charge on any atom is 0.266 e. The van der Waals surface area contributed by atoms with Crippen molar-refractivity contribution in [2.24, 2.45) is 0 Å². The fourth-order valence-corrected chi connectivity index (χ4v) is 5.65. The lowest BCUT2D eigenvalue weighted by molar-refractivity contribution is -0.133. The molecule has 1 amide bonds. The molecule has 3 aromatic rings.